The first-order chi connectivity index (χ1) is 10.4. The number of anilines is 1. The maximum Gasteiger partial charge on any atom is 0.573 e. The molecule has 0 aliphatic heterocycles. The fourth-order valence-corrected chi connectivity index (χ4v) is 3.24. The number of ether oxygens (including phenoxy) is 1. The van der Waals surface area contributed by atoms with E-state index in [1.165, 1.54) is 28.8 Å². The van der Waals surface area contributed by atoms with Crippen molar-refractivity contribution in [1.82, 2.24) is 0 Å². The molecule has 2 aromatic rings. The second-order valence-electron chi connectivity index (χ2n) is 4.19. The summed E-state index contributed by atoms with van der Waals surface area (Å²) in [6, 6.07) is 8.98. The summed E-state index contributed by atoms with van der Waals surface area (Å²) in [5, 5.41) is 4.59. The van der Waals surface area contributed by atoms with Crippen molar-refractivity contribution in [3.63, 3.8) is 0 Å². The molecule has 0 radical (unpaired) electrons. The zero-order chi connectivity index (χ0) is 16.0. The quantitative estimate of drug-likeness (QED) is 0.835. The lowest BCUT2D eigenvalue weighted by Gasteiger charge is -2.09. The van der Waals surface area contributed by atoms with Gasteiger partial charge in [-0.3, -0.25) is 4.79 Å². The lowest BCUT2D eigenvalue weighted by Crippen LogP contribution is -2.17. The van der Waals surface area contributed by atoms with Crippen molar-refractivity contribution in [1.29, 1.82) is 0 Å². The Labute approximate surface area is 133 Å². The molecule has 0 aliphatic rings. The molecular weight excluding hydrogens is 335 g/mol. The van der Waals surface area contributed by atoms with Crippen molar-refractivity contribution in [3.8, 4) is 5.75 Å². The van der Waals surface area contributed by atoms with Gasteiger partial charge < -0.3 is 10.1 Å². The summed E-state index contributed by atoms with van der Waals surface area (Å²) in [4.78, 5) is 12.9. The van der Waals surface area contributed by atoms with Gasteiger partial charge >= 0.3 is 6.36 Å². The highest BCUT2D eigenvalue weighted by Gasteiger charge is 2.30. The molecule has 0 spiro atoms. The van der Waals surface area contributed by atoms with E-state index in [1.54, 1.807) is 11.3 Å². The van der Waals surface area contributed by atoms with Crippen LogP contribution in [0.1, 0.15) is 4.88 Å². The van der Waals surface area contributed by atoms with Gasteiger partial charge in [0.2, 0.25) is 5.91 Å². The Hall–Kier alpha value is -1.67. The minimum atomic E-state index is -4.72. The Morgan fingerprint density at radius 2 is 1.95 bits per heavy atom. The average Bonchev–Trinajstić information content (AvgIpc) is 2.92. The summed E-state index contributed by atoms with van der Waals surface area (Å²) in [7, 11) is 0. The number of alkyl halides is 3. The summed E-state index contributed by atoms with van der Waals surface area (Å²) < 4.78 is 39.8. The Kier molecular flexibility index (Phi) is 5.73. The number of rotatable bonds is 6. The van der Waals surface area contributed by atoms with Gasteiger partial charge in [-0.25, -0.2) is 0 Å². The maximum atomic E-state index is 12.0. The number of carbonyl (C=O) groups excluding carboxylic acids is 1. The predicted molar refractivity (Wildman–Crippen MR) is 82.2 cm³/mol. The van der Waals surface area contributed by atoms with Gasteiger partial charge in [-0.15, -0.1) is 36.3 Å². The molecule has 1 N–H and O–H groups in total. The largest absolute Gasteiger partial charge is 0.573 e. The van der Waals surface area contributed by atoms with E-state index in [-0.39, 0.29) is 17.4 Å². The molecular formula is C14H12F3NO2S2. The molecule has 0 saturated heterocycles. The number of carbonyl (C=O) groups is 1. The highest BCUT2D eigenvalue weighted by molar-refractivity contribution is 7.99. The van der Waals surface area contributed by atoms with Crippen molar-refractivity contribution in [2.24, 2.45) is 0 Å². The van der Waals surface area contributed by atoms with E-state index in [4.69, 9.17) is 0 Å². The minimum Gasteiger partial charge on any atom is -0.406 e. The zero-order valence-electron chi connectivity index (χ0n) is 11.2. The van der Waals surface area contributed by atoms with Crippen LogP contribution in [-0.2, 0) is 10.5 Å². The molecule has 0 aliphatic carbocycles. The standard InChI is InChI=1S/C14H12F3NO2S2/c15-14(16,17)20-11-5-3-10(4-6-11)18-13(19)9-21-8-12-2-1-7-22-12/h1-7H,8-9H2,(H,18,19). The van der Waals surface area contributed by atoms with Gasteiger partial charge in [0.25, 0.3) is 0 Å². The third-order valence-corrected chi connectivity index (χ3v) is 4.47. The molecule has 0 saturated carbocycles. The summed E-state index contributed by atoms with van der Waals surface area (Å²) in [6.45, 7) is 0. The molecule has 22 heavy (non-hydrogen) atoms. The fourth-order valence-electron chi connectivity index (χ4n) is 1.58. The number of nitrogens with one attached hydrogen (secondary N) is 1. The molecule has 2 rings (SSSR count). The number of hydrogen-bond donors (Lipinski definition) is 1. The van der Waals surface area contributed by atoms with Gasteiger partial charge in [-0.05, 0) is 35.7 Å². The second kappa shape index (κ2) is 7.55. The van der Waals surface area contributed by atoms with Crippen LogP contribution in [0.3, 0.4) is 0 Å². The van der Waals surface area contributed by atoms with Crippen molar-refractivity contribution in [2.75, 3.05) is 11.1 Å². The van der Waals surface area contributed by atoms with Crippen LogP contribution < -0.4 is 10.1 Å². The first-order valence-electron chi connectivity index (χ1n) is 6.18. The number of hydrogen-bond acceptors (Lipinski definition) is 4. The van der Waals surface area contributed by atoms with E-state index in [0.29, 0.717) is 5.69 Å². The highest BCUT2D eigenvalue weighted by Crippen LogP contribution is 2.24. The van der Waals surface area contributed by atoms with Crippen LogP contribution in [0.4, 0.5) is 18.9 Å². The molecule has 1 aromatic carbocycles. The lowest BCUT2D eigenvalue weighted by molar-refractivity contribution is -0.274. The van der Waals surface area contributed by atoms with Crippen LogP contribution in [0.2, 0.25) is 0 Å². The number of halogens is 3. The lowest BCUT2D eigenvalue weighted by atomic mass is 10.3. The summed E-state index contributed by atoms with van der Waals surface area (Å²) in [5.74, 6) is 0.505. The van der Waals surface area contributed by atoms with Gasteiger partial charge in [-0.2, -0.15) is 0 Å². The van der Waals surface area contributed by atoms with Gasteiger partial charge in [0.1, 0.15) is 5.75 Å². The van der Waals surface area contributed by atoms with E-state index >= 15 is 0 Å². The number of amides is 1. The number of thiophene rings is 1. The zero-order valence-corrected chi connectivity index (χ0v) is 12.9. The SMILES string of the molecule is O=C(CSCc1cccs1)Nc1ccc(OC(F)(F)F)cc1. The monoisotopic (exact) mass is 347 g/mol. The third kappa shape index (κ3) is 5.98. The van der Waals surface area contributed by atoms with E-state index in [1.807, 2.05) is 17.5 Å². The van der Waals surface area contributed by atoms with Crippen LogP contribution in [0.5, 0.6) is 5.75 Å². The molecule has 1 heterocycles. The smallest absolute Gasteiger partial charge is 0.406 e. The van der Waals surface area contributed by atoms with Crippen LogP contribution in [0.25, 0.3) is 0 Å². The Bertz CT molecular complexity index is 598. The predicted octanol–water partition coefficient (Wildman–Crippen LogP) is 4.52. The summed E-state index contributed by atoms with van der Waals surface area (Å²) in [5.41, 5.74) is 0.427. The van der Waals surface area contributed by atoms with Gasteiger partial charge in [0.05, 0.1) is 5.75 Å². The molecule has 8 heteroatoms. The van der Waals surface area contributed by atoms with E-state index < -0.39 is 6.36 Å². The Morgan fingerprint density at radius 3 is 2.55 bits per heavy atom. The minimum absolute atomic E-state index is 0.203. The molecule has 3 nitrogen and oxygen atoms in total. The summed E-state index contributed by atoms with van der Waals surface area (Å²) >= 11 is 3.10. The van der Waals surface area contributed by atoms with Crippen LogP contribution in [0.15, 0.2) is 41.8 Å². The van der Waals surface area contributed by atoms with Crippen LogP contribution in [-0.4, -0.2) is 18.0 Å². The highest BCUT2D eigenvalue weighted by atomic mass is 32.2. The fraction of sp³-hybridized carbons (Fsp3) is 0.214. The van der Waals surface area contributed by atoms with Crippen molar-refractivity contribution >= 4 is 34.7 Å². The number of thioether (sulfide) groups is 1. The molecule has 0 bridgehead atoms. The molecule has 0 unspecified atom stereocenters. The normalized spacial score (nSPS) is 11.2. The average molecular weight is 347 g/mol. The Balaban J connectivity index is 1.76. The van der Waals surface area contributed by atoms with Gasteiger partial charge in [-0.1, -0.05) is 6.07 Å². The van der Waals surface area contributed by atoms with Crippen molar-refractivity contribution in [2.45, 2.75) is 12.1 Å². The van der Waals surface area contributed by atoms with E-state index in [9.17, 15) is 18.0 Å². The molecule has 1 aromatic heterocycles. The van der Waals surface area contributed by atoms with Gasteiger partial charge in [0.15, 0.2) is 0 Å². The van der Waals surface area contributed by atoms with Gasteiger partial charge in [0, 0.05) is 16.3 Å². The summed E-state index contributed by atoms with van der Waals surface area (Å²) in [6.07, 6.45) is -4.72. The third-order valence-electron chi connectivity index (χ3n) is 2.43. The number of benzene rings is 1. The molecule has 118 valence electrons. The van der Waals surface area contributed by atoms with Crippen molar-refractivity contribution < 1.29 is 22.7 Å². The van der Waals surface area contributed by atoms with E-state index in [2.05, 4.69) is 10.1 Å². The van der Waals surface area contributed by atoms with Crippen LogP contribution in [0, 0.1) is 0 Å². The first kappa shape index (κ1) is 16.7. The molecule has 1 amide bonds. The molecule has 0 atom stereocenters. The Morgan fingerprint density at radius 1 is 1.23 bits per heavy atom. The topological polar surface area (TPSA) is 38.3 Å². The maximum absolute atomic E-state index is 12.0. The second-order valence-corrected chi connectivity index (χ2v) is 6.21. The molecule has 0 fully saturated rings. The van der Waals surface area contributed by atoms with E-state index in [0.717, 1.165) is 17.9 Å². The first-order valence-corrected chi connectivity index (χ1v) is 8.21. The van der Waals surface area contributed by atoms with Crippen molar-refractivity contribution in [3.05, 3.63) is 46.7 Å². The van der Waals surface area contributed by atoms with Crippen LogP contribution >= 0.6 is 23.1 Å².